The summed E-state index contributed by atoms with van der Waals surface area (Å²) in [6.07, 6.45) is 0. The fourth-order valence-corrected chi connectivity index (χ4v) is 2.90. The minimum absolute atomic E-state index is 0.661. The molecule has 2 aromatic heterocycles. The molecule has 19 heavy (non-hydrogen) atoms. The van der Waals surface area contributed by atoms with Crippen LogP contribution in [0.15, 0.2) is 22.7 Å². The van der Waals surface area contributed by atoms with Gasteiger partial charge in [0.2, 0.25) is 0 Å². The monoisotopic (exact) mass is 293 g/mol. The highest BCUT2D eigenvalue weighted by molar-refractivity contribution is 7.22. The van der Waals surface area contributed by atoms with Crippen molar-refractivity contribution in [2.45, 2.75) is 20.4 Å². The van der Waals surface area contributed by atoms with Gasteiger partial charge in [0.25, 0.3) is 0 Å². The molecule has 2 heterocycles. The molecule has 4 nitrogen and oxygen atoms in total. The Balaban J connectivity index is 1.82. The number of benzene rings is 1. The molecule has 0 aliphatic carbocycles. The highest BCUT2D eigenvalue weighted by Crippen LogP contribution is 2.28. The topological polar surface area (TPSA) is 51.0 Å². The van der Waals surface area contributed by atoms with Gasteiger partial charge in [-0.15, -0.1) is 0 Å². The first-order valence-corrected chi connectivity index (χ1v) is 7.04. The van der Waals surface area contributed by atoms with E-state index in [1.165, 1.54) is 0 Å². The van der Waals surface area contributed by atoms with E-state index in [2.05, 4.69) is 15.5 Å². The van der Waals surface area contributed by atoms with E-state index in [0.29, 0.717) is 11.6 Å². The van der Waals surface area contributed by atoms with Crippen LogP contribution in [0.4, 0.5) is 5.13 Å². The van der Waals surface area contributed by atoms with Crippen molar-refractivity contribution in [1.29, 1.82) is 0 Å². The third-order valence-corrected chi connectivity index (χ3v) is 4.18. The second kappa shape index (κ2) is 4.83. The summed E-state index contributed by atoms with van der Waals surface area (Å²) in [4.78, 5) is 4.50. The van der Waals surface area contributed by atoms with Gasteiger partial charge in [-0.05, 0) is 32.0 Å². The summed E-state index contributed by atoms with van der Waals surface area (Å²) < 4.78 is 6.25. The minimum Gasteiger partial charge on any atom is -0.361 e. The zero-order chi connectivity index (χ0) is 13.4. The zero-order valence-electron chi connectivity index (χ0n) is 10.5. The second-order valence-corrected chi connectivity index (χ2v) is 5.75. The SMILES string of the molecule is Cc1noc(C)c1CNc1nc2cc(Cl)ccc2s1. The van der Waals surface area contributed by atoms with Gasteiger partial charge in [-0.25, -0.2) is 4.98 Å². The average Bonchev–Trinajstić information content (AvgIpc) is 2.91. The Labute approximate surface area is 119 Å². The van der Waals surface area contributed by atoms with Crippen molar-refractivity contribution in [3.05, 3.63) is 40.2 Å². The maximum Gasteiger partial charge on any atom is 0.184 e. The molecule has 3 aromatic rings. The van der Waals surface area contributed by atoms with Gasteiger partial charge < -0.3 is 9.84 Å². The first-order valence-electron chi connectivity index (χ1n) is 5.85. The van der Waals surface area contributed by atoms with Gasteiger partial charge >= 0.3 is 0 Å². The van der Waals surface area contributed by atoms with E-state index in [9.17, 15) is 0 Å². The van der Waals surface area contributed by atoms with Gasteiger partial charge in [0, 0.05) is 17.1 Å². The van der Waals surface area contributed by atoms with Gasteiger partial charge in [0.1, 0.15) is 5.76 Å². The van der Waals surface area contributed by atoms with E-state index in [0.717, 1.165) is 32.4 Å². The van der Waals surface area contributed by atoms with Crippen LogP contribution in [0.25, 0.3) is 10.2 Å². The van der Waals surface area contributed by atoms with Crippen LogP contribution >= 0.6 is 22.9 Å². The van der Waals surface area contributed by atoms with Crippen LogP contribution in [0.2, 0.25) is 5.02 Å². The molecule has 1 N–H and O–H groups in total. The number of anilines is 1. The molecule has 0 amide bonds. The minimum atomic E-state index is 0.661. The molecular formula is C13H12ClN3OS. The number of hydrogen-bond donors (Lipinski definition) is 1. The Kier molecular flexibility index (Phi) is 3.16. The van der Waals surface area contributed by atoms with Crippen molar-refractivity contribution >= 4 is 38.3 Å². The van der Waals surface area contributed by atoms with E-state index in [1.807, 2.05) is 32.0 Å². The number of fused-ring (bicyclic) bond motifs is 1. The zero-order valence-corrected chi connectivity index (χ0v) is 12.1. The third kappa shape index (κ3) is 2.43. The van der Waals surface area contributed by atoms with Crippen molar-refractivity contribution in [2.24, 2.45) is 0 Å². The largest absolute Gasteiger partial charge is 0.361 e. The quantitative estimate of drug-likeness (QED) is 0.787. The van der Waals surface area contributed by atoms with Crippen molar-refractivity contribution in [1.82, 2.24) is 10.1 Å². The Bertz CT molecular complexity index is 715. The predicted octanol–water partition coefficient (Wildman–Crippen LogP) is 4.17. The number of aromatic nitrogens is 2. The summed E-state index contributed by atoms with van der Waals surface area (Å²) in [5.74, 6) is 0.842. The van der Waals surface area contributed by atoms with E-state index in [1.54, 1.807) is 11.3 Å². The summed E-state index contributed by atoms with van der Waals surface area (Å²) >= 11 is 7.56. The van der Waals surface area contributed by atoms with Gasteiger partial charge in [-0.1, -0.05) is 28.1 Å². The molecule has 0 bridgehead atoms. The first-order chi connectivity index (χ1) is 9.13. The summed E-state index contributed by atoms with van der Waals surface area (Å²) in [5.41, 5.74) is 2.91. The summed E-state index contributed by atoms with van der Waals surface area (Å²) in [6, 6.07) is 5.73. The highest BCUT2D eigenvalue weighted by atomic mass is 35.5. The van der Waals surface area contributed by atoms with Crippen LogP contribution in [-0.2, 0) is 6.54 Å². The third-order valence-electron chi connectivity index (χ3n) is 2.95. The molecule has 0 saturated heterocycles. The molecule has 0 spiro atoms. The molecule has 0 fully saturated rings. The number of nitrogens with zero attached hydrogens (tertiary/aromatic N) is 2. The molecule has 3 rings (SSSR count). The number of hydrogen-bond acceptors (Lipinski definition) is 5. The van der Waals surface area contributed by atoms with E-state index in [4.69, 9.17) is 16.1 Å². The lowest BCUT2D eigenvalue weighted by atomic mass is 10.2. The molecule has 98 valence electrons. The van der Waals surface area contributed by atoms with E-state index < -0.39 is 0 Å². The van der Waals surface area contributed by atoms with Gasteiger partial charge in [0.15, 0.2) is 5.13 Å². The molecule has 0 aliphatic rings. The average molecular weight is 294 g/mol. The Morgan fingerprint density at radius 3 is 2.95 bits per heavy atom. The molecule has 1 aromatic carbocycles. The Morgan fingerprint density at radius 2 is 2.21 bits per heavy atom. The summed E-state index contributed by atoms with van der Waals surface area (Å²) in [5, 5.41) is 8.81. The molecule has 0 unspecified atom stereocenters. The molecule has 0 saturated carbocycles. The number of halogens is 1. The number of nitrogens with one attached hydrogen (secondary N) is 1. The second-order valence-electron chi connectivity index (χ2n) is 4.29. The van der Waals surface area contributed by atoms with Gasteiger partial charge in [-0.2, -0.15) is 0 Å². The predicted molar refractivity (Wildman–Crippen MR) is 77.9 cm³/mol. The molecule has 0 aliphatic heterocycles. The first kappa shape index (κ1) is 12.4. The highest BCUT2D eigenvalue weighted by Gasteiger charge is 2.10. The van der Waals surface area contributed by atoms with Crippen LogP contribution in [0.5, 0.6) is 0 Å². The number of aryl methyl sites for hydroxylation is 2. The maximum atomic E-state index is 5.95. The van der Waals surface area contributed by atoms with Crippen LogP contribution in [-0.4, -0.2) is 10.1 Å². The Hall–Kier alpha value is -1.59. The van der Waals surface area contributed by atoms with Crippen molar-refractivity contribution in [2.75, 3.05) is 5.32 Å². The van der Waals surface area contributed by atoms with Crippen molar-refractivity contribution in [3.63, 3.8) is 0 Å². The normalized spacial score (nSPS) is 11.1. The number of rotatable bonds is 3. The Morgan fingerprint density at radius 1 is 1.37 bits per heavy atom. The molecule has 6 heteroatoms. The molecular weight excluding hydrogens is 282 g/mol. The van der Waals surface area contributed by atoms with Crippen LogP contribution in [0, 0.1) is 13.8 Å². The fraction of sp³-hybridized carbons (Fsp3) is 0.231. The van der Waals surface area contributed by atoms with Crippen molar-refractivity contribution in [3.8, 4) is 0 Å². The lowest BCUT2D eigenvalue weighted by molar-refractivity contribution is 0.392. The fourth-order valence-electron chi connectivity index (χ4n) is 1.89. The number of thiazole rings is 1. The summed E-state index contributed by atoms with van der Waals surface area (Å²) in [7, 11) is 0. The van der Waals surface area contributed by atoms with Gasteiger partial charge in [-0.3, -0.25) is 0 Å². The lowest BCUT2D eigenvalue weighted by Gasteiger charge is -2.00. The van der Waals surface area contributed by atoms with Gasteiger partial charge in [0.05, 0.1) is 15.9 Å². The smallest absolute Gasteiger partial charge is 0.184 e. The van der Waals surface area contributed by atoms with Crippen LogP contribution in [0.1, 0.15) is 17.0 Å². The van der Waals surface area contributed by atoms with Crippen molar-refractivity contribution < 1.29 is 4.52 Å². The van der Waals surface area contributed by atoms with E-state index >= 15 is 0 Å². The molecule has 0 radical (unpaired) electrons. The summed E-state index contributed by atoms with van der Waals surface area (Å²) in [6.45, 7) is 4.51. The molecule has 0 atom stereocenters. The van der Waals surface area contributed by atoms with Crippen LogP contribution in [0.3, 0.4) is 0 Å². The lowest BCUT2D eigenvalue weighted by Crippen LogP contribution is -2.00. The standard InChI is InChI=1S/C13H12ClN3OS/c1-7-10(8(2)18-17-7)6-15-13-16-11-5-9(14)3-4-12(11)19-13/h3-5H,6H2,1-2H3,(H,15,16). The maximum absolute atomic E-state index is 5.95. The van der Waals surface area contributed by atoms with Crippen LogP contribution < -0.4 is 5.32 Å². The van der Waals surface area contributed by atoms with E-state index in [-0.39, 0.29) is 0 Å².